The number of fused-ring (bicyclic) bond motifs is 1. The molecule has 82 valence electrons. The minimum absolute atomic E-state index is 0.641. The summed E-state index contributed by atoms with van der Waals surface area (Å²) in [6.07, 6.45) is 2.28. The maximum Gasteiger partial charge on any atom is 0.211 e. The van der Waals surface area contributed by atoms with Gasteiger partial charge in [0, 0.05) is 16.9 Å². The second kappa shape index (κ2) is 4.49. The Balaban J connectivity index is 2.72. The molecule has 0 aliphatic carbocycles. The van der Waals surface area contributed by atoms with Gasteiger partial charge in [-0.25, -0.2) is 0 Å². The first-order valence-electron chi connectivity index (χ1n) is 4.72. The highest BCUT2D eigenvalue weighted by Gasteiger charge is 2.07. The molecule has 2 aromatic rings. The Hall–Kier alpha value is -1.62. The van der Waals surface area contributed by atoms with Gasteiger partial charge in [-0.05, 0) is 18.2 Å². The van der Waals surface area contributed by atoms with Crippen LogP contribution in [0.2, 0.25) is 0 Å². The van der Waals surface area contributed by atoms with Crippen LogP contribution in [0, 0.1) is 0 Å². The van der Waals surface area contributed by atoms with E-state index in [1.54, 1.807) is 6.20 Å². The Morgan fingerprint density at radius 3 is 2.94 bits per heavy atom. The van der Waals surface area contributed by atoms with Gasteiger partial charge >= 0.3 is 0 Å². The van der Waals surface area contributed by atoms with Gasteiger partial charge in [0.2, 0.25) is 6.41 Å². The molecule has 0 spiro atoms. The van der Waals surface area contributed by atoms with Gasteiger partial charge in [0.1, 0.15) is 0 Å². The quantitative estimate of drug-likeness (QED) is 0.850. The highest BCUT2D eigenvalue weighted by molar-refractivity contribution is 9.10. The predicted octanol–water partition coefficient (Wildman–Crippen LogP) is 2.61. The van der Waals surface area contributed by atoms with Crippen molar-refractivity contribution in [2.45, 2.75) is 0 Å². The van der Waals surface area contributed by atoms with Crippen molar-refractivity contribution in [3.05, 3.63) is 28.9 Å². The number of hydrogen-bond donors (Lipinski definition) is 2. The van der Waals surface area contributed by atoms with Crippen LogP contribution in [0.3, 0.4) is 0 Å². The Kier molecular flexibility index (Phi) is 3.05. The highest BCUT2D eigenvalue weighted by Crippen LogP contribution is 2.30. The van der Waals surface area contributed by atoms with Crippen molar-refractivity contribution >= 4 is 44.6 Å². The van der Waals surface area contributed by atoms with Crippen LogP contribution in [0.4, 0.5) is 11.4 Å². The van der Waals surface area contributed by atoms with Crippen LogP contribution in [0.1, 0.15) is 0 Å². The first kappa shape index (κ1) is 10.9. The minimum atomic E-state index is 0.641. The lowest BCUT2D eigenvalue weighted by molar-refractivity contribution is -0.105. The fourth-order valence-electron chi connectivity index (χ4n) is 1.61. The molecule has 1 heterocycles. The summed E-state index contributed by atoms with van der Waals surface area (Å²) < 4.78 is 0.974. The third kappa shape index (κ3) is 1.86. The Bertz CT molecular complexity index is 542. The van der Waals surface area contributed by atoms with Gasteiger partial charge in [-0.2, -0.15) is 0 Å². The normalized spacial score (nSPS) is 10.1. The smallest absolute Gasteiger partial charge is 0.211 e. The summed E-state index contributed by atoms with van der Waals surface area (Å²) in [5.74, 6) is 0. The number of rotatable bonds is 3. The Morgan fingerprint density at radius 1 is 1.44 bits per heavy atom. The standard InChI is InChI=1S/C11H10BrN3O/c1-13-11-8-4-7(12)2-3-9(8)14-5-10(11)15-6-16/h2-6H,1H3,(H,13,14)(H,15,16). The summed E-state index contributed by atoms with van der Waals surface area (Å²) >= 11 is 3.41. The van der Waals surface area contributed by atoms with Gasteiger partial charge in [0.05, 0.1) is 23.1 Å². The van der Waals surface area contributed by atoms with E-state index in [4.69, 9.17) is 0 Å². The van der Waals surface area contributed by atoms with Crippen molar-refractivity contribution < 1.29 is 4.79 Å². The molecule has 0 saturated heterocycles. The van der Waals surface area contributed by atoms with E-state index in [2.05, 4.69) is 31.5 Å². The molecule has 0 saturated carbocycles. The van der Waals surface area contributed by atoms with E-state index in [1.807, 2.05) is 25.2 Å². The summed E-state index contributed by atoms with van der Waals surface area (Å²) in [6.45, 7) is 0. The first-order valence-corrected chi connectivity index (χ1v) is 5.51. The lowest BCUT2D eigenvalue weighted by Gasteiger charge is -2.10. The topological polar surface area (TPSA) is 54.0 Å². The molecule has 0 aliphatic heterocycles. The Labute approximate surface area is 101 Å². The first-order chi connectivity index (χ1) is 7.76. The van der Waals surface area contributed by atoms with Gasteiger partial charge in [-0.15, -0.1) is 0 Å². The molecular weight excluding hydrogens is 270 g/mol. The number of nitrogens with zero attached hydrogens (tertiary/aromatic N) is 1. The van der Waals surface area contributed by atoms with Crippen molar-refractivity contribution in [3.63, 3.8) is 0 Å². The third-order valence-electron chi connectivity index (χ3n) is 2.29. The number of carbonyl (C=O) groups excluding carboxylic acids is 1. The molecule has 2 rings (SSSR count). The van der Waals surface area contributed by atoms with Gasteiger partial charge in [0.15, 0.2) is 0 Å². The number of halogens is 1. The molecule has 16 heavy (non-hydrogen) atoms. The molecule has 1 aromatic carbocycles. The van der Waals surface area contributed by atoms with Crippen LogP contribution < -0.4 is 10.6 Å². The van der Waals surface area contributed by atoms with E-state index in [9.17, 15) is 4.79 Å². The summed E-state index contributed by atoms with van der Waals surface area (Å²) in [5.41, 5.74) is 2.41. The molecule has 1 aromatic heterocycles. The zero-order valence-electron chi connectivity index (χ0n) is 8.62. The van der Waals surface area contributed by atoms with Crippen molar-refractivity contribution in [2.75, 3.05) is 17.7 Å². The van der Waals surface area contributed by atoms with Crippen LogP contribution in [0.25, 0.3) is 10.9 Å². The van der Waals surface area contributed by atoms with Crippen LogP contribution in [0.15, 0.2) is 28.9 Å². The van der Waals surface area contributed by atoms with E-state index in [-0.39, 0.29) is 0 Å². The Morgan fingerprint density at radius 2 is 2.25 bits per heavy atom. The fourth-order valence-corrected chi connectivity index (χ4v) is 1.97. The highest BCUT2D eigenvalue weighted by atomic mass is 79.9. The second-order valence-electron chi connectivity index (χ2n) is 3.22. The number of anilines is 2. The lowest BCUT2D eigenvalue weighted by Crippen LogP contribution is -2.01. The number of aromatic nitrogens is 1. The molecular formula is C11H10BrN3O. The van der Waals surface area contributed by atoms with Crippen LogP contribution in [-0.2, 0) is 4.79 Å². The molecule has 2 N–H and O–H groups in total. The SMILES string of the molecule is CNc1c(NC=O)cnc2ccc(Br)cc12. The summed E-state index contributed by atoms with van der Waals surface area (Å²) in [4.78, 5) is 14.7. The predicted molar refractivity (Wildman–Crippen MR) is 68.7 cm³/mol. The lowest BCUT2D eigenvalue weighted by atomic mass is 10.1. The van der Waals surface area contributed by atoms with Crippen molar-refractivity contribution in [2.24, 2.45) is 0 Å². The number of amides is 1. The molecule has 0 atom stereocenters. The molecule has 4 nitrogen and oxygen atoms in total. The van der Waals surface area contributed by atoms with Crippen LogP contribution >= 0.6 is 15.9 Å². The fraction of sp³-hybridized carbons (Fsp3) is 0.0909. The number of nitrogens with one attached hydrogen (secondary N) is 2. The maximum absolute atomic E-state index is 10.5. The number of benzene rings is 1. The van der Waals surface area contributed by atoms with E-state index in [1.165, 1.54) is 0 Å². The van der Waals surface area contributed by atoms with E-state index < -0.39 is 0 Å². The van der Waals surface area contributed by atoms with E-state index in [0.29, 0.717) is 12.1 Å². The minimum Gasteiger partial charge on any atom is -0.386 e. The molecule has 0 aliphatic rings. The third-order valence-corrected chi connectivity index (χ3v) is 2.79. The van der Waals surface area contributed by atoms with Gasteiger partial charge in [0.25, 0.3) is 0 Å². The molecule has 0 fully saturated rings. The zero-order chi connectivity index (χ0) is 11.5. The average molecular weight is 280 g/mol. The van der Waals surface area contributed by atoms with Gasteiger partial charge in [-0.1, -0.05) is 15.9 Å². The zero-order valence-corrected chi connectivity index (χ0v) is 10.2. The average Bonchev–Trinajstić information content (AvgIpc) is 2.29. The number of pyridine rings is 1. The summed E-state index contributed by atoms with van der Waals surface area (Å²) in [5, 5.41) is 6.65. The van der Waals surface area contributed by atoms with Crippen molar-refractivity contribution in [1.82, 2.24) is 4.98 Å². The van der Waals surface area contributed by atoms with E-state index >= 15 is 0 Å². The van der Waals surface area contributed by atoms with Crippen molar-refractivity contribution in [3.8, 4) is 0 Å². The molecule has 5 heteroatoms. The molecule has 0 unspecified atom stereocenters. The van der Waals surface area contributed by atoms with Crippen LogP contribution in [0.5, 0.6) is 0 Å². The summed E-state index contributed by atoms with van der Waals surface area (Å²) in [6, 6.07) is 5.82. The summed E-state index contributed by atoms with van der Waals surface area (Å²) in [7, 11) is 1.81. The van der Waals surface area contributed by atoms with Crippen molar-refractivity contribution in [1.29, 1.82) is 0 Å². The van der Waals surface area contributed by atoms with Gasteiger partial charge < -0.3 is 10.6 Å². The largest absolute Gasteiger partial charge is 0.386 e. The van der Waals surface area contributed by atoms with Gasteiger partial charge in [-0.3, -0.25) is 9.78 Å². The molecule has 1 amide bonds. The number of carbonyl (C=O) groups is 1. The maximum atomic E-state index is 10.5. The monoisotopic (exact) mass is 279 g/mol. The molecule has 0 radical (unpaired) electrons. The second-order valence-corrected chi connectivity index (χ2v) is 4.14. The van der Waals surface area contributed by atoms with Crippen LogP contribution in [-0.4, -0.2) is 18.4 Å². The number of hydrogen-bond acceptors (Lipinski definition) is 3. The van der Waals surface area contributed by atoms with E-state index in [0.717, 1.165) is 21.1 Å². The molecule has 0 bridgehead atoms.